The average Bonchev–Trinajstić information content (AvgIpc) is 2.52. The summed E-state index contributed by atoms with van der Waals surface area (Å²) in [6.45, 7) is 0.360. The van der Waals surface area contributed by atoms with Gasteiger partial charge in [0.15, 0.2) is 0 Å². The summed E-state index contributed by atoms with van der Waals surface area (Å²) in [5.74, 6) is 0.266. The molecule has 0 saturated heterocycles. The first-order valence-electron chi connectivity index (χ1n) is 7.37. The smallest absolute Gasteiger partial charge is 0.123 e. The molecule has 3 nitrogen and oxygen atoms in total. The van der Waals surface area contributed by atoms with Gasteiger partial charge in [-0.25, -0.2) is 0 Å². The van der Waals surface area contributed by atoms with Gasteiger partial charge in [-0.3, -0.25) is 0 Å². The molecule has 0 aromatic heterocycles. The molecule has 0 heterocycles. The van der Waals surface area contributed by atoms with E-state index in [9.17, 15) is 5.11 Å². The maximum atomic E-state index is 10.1. The Morgan fingerprint density at radius 3 is 2.10 bits per heavy atom. The van der Waals surface area contributed by atoms with Gasteiger partial charge in [0, 0.05) is 18.8 Å². The maximum Gasteiger partial charge on any atom is 0.123 e. The Morgan fingerprint density at radius 1 is 0.762 bits per heavy atom. The zero-order valence-electron chi connectivity index (χ0n) is 12.1. The van der Waals surface area contributed by atoms with E-state index in [2.05, 4.69) is 6.07 Å². The summed E-state index contributed by atoms with van der Waals surface area (Å²) in [4.78, 5) is 0. The van der Waals surface area contributed by atoms with Crippen LogP contribution < -0.4 is 0 Å². The van der Waals surface area contributed by atoms with Gasteiger partial charge in [0.05, 0.1) is 0 Å². The van der Waals surface area contributed by atoms with Crippen LogP contribution in [0, 0.1) is 0 Å². The zero-order chi connectivity index (χ0) is 15.1. The predicted molar refractivity (Wildman–Crippen MR) is 84.4 cm³/mol. The van der Waals surface area contributed by atoms with E-state index < -0.39 is 0 Å². The van der Waals surface area contributed by atoms with Crippen molar-refractivity contribution in [2.75, 3.05) is 13.2 Å². The predicted octanol–water partition coefficient (Wildman–Crippen LogP) is 2.91. The van der Waals surface area contributed by atoms with E-state index in [1.54, 1.807) is 6.07 Å². The quantitative estimate of drug-likeness (QED) is 0.733. The highest BCUT2D eigenvalue weighted by Gasteiger charge is 2.06. The van der Waals surface area contributed by atoms with Crippen LogP contribution in [0.4, 0.5) is 0 Å². The lowest BCUT2D eigenvalue weighted by Crippen LogP contribution is -1.92. The van der Waals surface area contributed by atoms with Crippen molar-refractivity contribution in [3.05, 3.63) is 53.6 Å². The van der Waals surface area contributed by atoms with Crippen LogP contribution in [0.15, 0.2) is 42.5 Å². The molecular weight excluding hydrogens is 264 g/mol. The number of aromatic hydroxyl groups is 1. The molecule has 3 N–H and O–H groups in total. The average molecular weight is 286 g/mol. The van der Waals surface area contributed by atoms with Gasteiger partial charge in [-0.2, -0.15) is 0 Å². The first kappa shape index (κ1) is 15.5. The lowest BCUT2D eigenvalue weighted by Gasteiger charge is -2.09. The van der Waals surface area contributed by atoms with Crippen molar-refractivity contribution in [1.82, 2.24) is 0 Å². The summed E-state index contributed by atoms with van der Waals surface area (Å²) in [5, 5.41) is 27.9. The van der Waals surface area contributed by atoms with E-state index in [0.717, 1.165) is 47.9 Å². The topological polar surface area (TPSA) is 60.7 Å². The molecule has 2 rings (SSSR count). The van der Waals surface area contributed by atoms with Crippen molar-refractivity contribution in [2.24, 2.45) is 0 Å². The number of benzene rings is 2. The molecule has 0 radical (unpaired) electrons. The van der Waals surface area contributed by atoms with Crippen LogP contribution in [-0.4, -0.2) is 28.5 Å². The van der Waals surface area contributed by atoms with Crippen LogP contribution in [0.1, 0.15) is 24.0 Å². The number of phenolic OH excluding ortho intramolecular Hbond substituents is 1. The summed E-state index contributed by atoms with van der Waals surface area (Å²) in [7, 11) is 0. The number of hydrogen-bond acceptors (Lipinski definition) is 3. The van der Waals surface area contributed by atoms with Gasteiger partial charge in [0.25, 0.3) is 0 Å². The van der Waals surface area contributed by atoms with Gasteiger partial charge in [0.1, 0.15) is 5.75 Å². The van der Waals surface area contributed by atoms with E-state index in [-0.39, 0.29) is 19.0 Å². The molecule has 21 heavy (non-hydrogen) atoms. The Kier molecular flexibility index (Phi) is 5.78. The Labute approximate surface area is 125 Å². The second-order valence-corrected chi connectivity index (χ2v) is 5.21. The van der Waals surface area contributed by atoms with Crippen LogP contribution >= 0.6 is 0 Å². The fourth-order valence-electron chi connectivity index (χ4n) is 2.43. The maximum absolute atomic E-state index is 10.1. The Balaban J connectivity index is 2.27. The van der Waals surface area contributed by atoms with E-state index in [1.165, 1.54) is 0 Å². The third-order valence-corrected chi connectivity index (χ3v) is 3.55. The molecule has 0 amide bonds. The molecule has 0 spiro atoms. The van der Waals surface area contributed by atoms with Crippen molar-refractivity contribution in [3.8, 4) is 16.9 Å². The molecule has 0 bridgehead atoms. The molecule has 2 aromatic rings. The third kappa shape index (κ3) is 4.31. The van der Waals surface area contributed by atoms with Crippen molar-refractivity contribution in [1.29, 1.82) is 0 Å². The second kappa shape index (κ2) is 7.81. The molecule has 0 atom stereocenters. The van der Waals surface area contributed by atoms with Crippen LogP contribution in [-0.2, 0) is 12.8 Å². The minimum absolute atomic E-state index is 0.173. The van der Waals surface area contributed by atoms with E-state index in [4.69, 9.17) is 10.2 Å². The molecule has 2 aromatic carbocycles. The molecular formula is C18H22O3. The number of aryl methyl sites for hydroxylation is 2. The SMILES string of the molecule is OCCCc1cccc(-c2cc(CCCO)ccc2O)c1. The monoisotopic (exact) mass is 286 g/mol. The number of aliphatic hydroxyl groups is 2. The second-order valence-electron chi connectivity index (χ2n) is 5.21. The minimum atomic E-state index is 0.173. The normalized spacial score (nSPS) is 10.8. The van der Waals surface area contributed by atoms with Crippen LogP contribution in [0.3, 0.4) is 0 Å². The van der Waals surface area contributed by atoms with Gasteiger partial charge in [0.2, 0.25) is 0 Å². The summed E-state index contributed by atoms with van der Waals surface area (Å²) in [5.41, 5.74) is 4.06. The number of rotatable bonds is 7. The van der Waals surface area contributed by atoms with E-state index in [0.29, 0.717) is 0 Å². The lowest BCUT2D eigenvalue weighted by atomic mass is 9.97. The van der Waals surface area contributed by atoms with Gasteiger partial charge >= 0.3 is 0 Å². The Bertz CT molecular complexity index is 578. The fourth-order valence-corrected chi connectivity index (χ4v) is 2.43. The standard InChI is InChI=1S/C18H22O3/c19-10-2-5-14-4-1-7-16(12-14)17-13-15(6-3-11-20)8-9-18(17)21/h1,4,7-9,12-13,19-21H,2-3,5-6,10-11H2. The largest absolute Gasteiger partial charge is 0.507 e. The van der Waals surface area contributed by atoms with Crippen LogP contribution in [0.5, 0.6) is 5.75 Å². The molecule has 0 aliphatic rings. The molecule has 112 valence electrons. The molecule has 0 fully saturated rings. The van der Waals surface area contributed by atoms with Crippen molar-refractivity contribution in [2.45, 2.75) is 25.7 Å². The Morgan fingerprint density at radius 2 is 1.43 bits per heavy atom. The number of phenols is 1. The van der Waals surface area contributed by atoms with Gasteiger partial charge < -0.3 is 15.3 Å². The van der Waals surface area contributed by atoms with Gasteiger partial charge in [-0.1, -0.05) is 30.3 Å². The first-order chi connectivity index (χ1) is 10.2. The zero-order valence-corrected chi connectivity index (χ0v) is 12.1. The van der Waals surface area contributed by atoms with Crippen molar-refractivity contribution < 1.29 is 15.3 Å². The van der Waals surface area contributed by atoms with E-state index >= 15 is 0 Å². The lowest BCUT2D eigenvalue weighted by molar-refractivity contribution is 0.288. The fraction of sp³-hybridized carbons (Fsp3) is 0.333. The highest BCUT2D eigenvalue weighted by Crippen LogP contribution is 2.31. The molecule has 0 aliphatic heterocycles. The summed E-state index contributed by atoms with van der Waals surface area (Å²) >= 11 is 0. The van der Waals surface area contributed by atoms with Crippen molar-refractivity contribution in [3.63, 3.8) is 0 Å². The third-order valence-electron chi connectivity index (χ3n) is 3.55. The van der Waals surface area contributed by atoms with Gasteiger partial charge in [-0.05, 0) is 54.5 Å². The minimum Gasteiger partial charge on any atom is -0.507 e. The first-order valence-corrected chi connectivity index (χ1v) is 7.37. The van der Waals surface area contributed by atoms with E-state index in [1.807, 2.05) is 30.3 Å². The molecule has 0 aliphatic carbocycles. The van der Waals surface area contributed by atoms with Crippen LogP contribution in [0.25, 0.3) is 11.1 Å². The molecule has 3 heteroatoms. The summed E-state index contributed by atoms with van der Waals surface area (Å²) in [6.07, 6.45) is 3.09. The van der Waals surface area contributed by atoms with Crippen molar-refractivity contribution >= 4 is 0 Å². The number of aliphatic hydroxyl groups excluding tert-OH is 2. The molecule has 0 unspecified atom stereocenters. The Hall–Kier alpha value is -1.84. The highest BCUT2D eigenvalue weighted by atomic mass is 16.3. The highest BCUT2D eigenvalue weighted by molar-refractivity contribution is 5.71. The van der Waals surface area contributed by atoms with Gasteiger partial charge in [-0.15, -0.1) is 0 Å². The molecule has 0 saturated carbocycles. The summed E-state index contributed by atoms with van der Waals surface area (Å²) in [6, 6.07) is 13.6. The van der Waals surface area contributed by atoms with Crippen LogP contribution in [0.2, 0.25) is 0 Å². The number of hydrogen-bond donors (Lipinski definition) is 3. The summed E-state index contributed by atoms with van der Waals surface area (Å²) < 4.78 is 0.